The molecule has 2 heterocycles. The highest BCUT2D eigenvalue weighted by Crippen LogP contribution is 2.39. The van der Waals surface area contributed by atoms with Gasteiger partial charge in [-0.1, -0.05) is 30.1 Å². The molecule has 3 aromatic rings. The van der Waals surface area contributed by atoms with Gasteiger partial charge >= 0.3 is 0 Å². The fourth-order valence-electron chi connectivity index (χ4n) is 3.70. The predicted molar refractivity (Wildman–Crippen MR) is 126 cm³/mol. The zero-order valence-electron chi connectivity index (χ0n) is 16.7. The summed E-state index contributed by atoms with van der Waals surface area (Å²) in [6, 6.07) is 8.66. The smallest absolute Gasteiger partial charge is 0.251 e. The van der Waals surface area contributed by atoms with Gasteiger partial charge in [0.2, 0.25) is 5.91 Å². The molecule has 8 heteroatoms. The lowest BCUT2D eigenvalue weighted by Gasteiger charge is -2.18. The number of anilines is 1. The summed E-state index contributed by atoms with van der Waals surface area (Å²) in [5.74, 6) is 0.758. The minimum Gasteiger partial charge on any atom is -0.457 e. The van der Waals surface area contributed by atoms with E-state index in [9.17, 15) is 9.59 Å². The molecule has 0 saturated carbocycles. The standard InChI is InChI=1S/C23H20Cl2N2O3S/c1-12-2-5-17-19(8-12)31-23(21(17)22(26)29)27-20(28)7-4-16-3-6-18(30-16)13-9-14(24)11-15(25)10-13/h3-4,6-7,9-12H,2,5,8H2,1H3,(H2,26,29)(H,27,28)/b7-4+/t12-/m1/s1. The number of nitrogens with two attached hydrogens (primary N) is 1. The van der Waals surface area contributed by atoms with Crippen LogP contribution in [0.1, 0.15) is 39.9 Å². The first-order valence-corrected chi connectivity index (χ1v) is 11.4. The lowest BCUT2D eigenvalue weighted by molar-refractivity contribution is -0.111. The number of rotatable bonds is 5. The SMILES string of the molecule is C[C@@H]1CCc2c(sc(NC(=O)/C=C/c3ccc(-c4cc(Cl)cc(Cl)c4)o3)c2C(N)=O)C1. The van der Waals surface area contributed by atoms with Gasteiger partial charge in [0.1, 0.15) is 16.5 Å². The number of furan rings is 1. The maximum absolute atomic E-state index is 12.5. The summed E-state index contributed by atoms with van der Waals surface area (Å²) in [5, 5.41) is 4.33. The van der Waals surface area contributed by atoms with Crippen molar-refractivity contribution < 1.29 is 14.0 Å². The van der Waals surface area contributed by atoms with E-state index in [1.807, 2.05) is 0 Å². The summed E-state index contributed by atoms with van der Waals surface area (Å²) >= 11 is 13.5. The van der Waals surface area contributed by atoms with Gasteiger partial charge in [0.05, 0.1) is 5.56 Å². The van der Waals surface area contributed by atoms with Crippen LogP contribution in [-0.4, -0.2) is 11.8 Å². The van der Waals surface area contributed by atoms with E-state index >= 15 is 0 Å². The van der Waals surface area contributed by atoms with Crippen LogP contribution in [0.3, 0.4) is 0 Å². The highest BCUT2D eigenvalue weighted by atomic mass is 35.5. The second-order valence-corrected chi connectivity index (χ2v) is 9.58. The summed E-state index contributed by atoms with van der Waals surface area (Å²) < 4.78 is 5.76. The third-order valence-corrected chi connectivity index (χ3v) is 6.77. The van der Waals surface area contributed by atoms with Crippen molar-refractivity contribution in [3.8, 4) is 11.3 Å². The number of halogens is 2. The van der Waals surface area contributed by atoms with Crippen LogP contribution in [0.5, 0.6) is 0 Å². The van der Waals surface area contributed by atoms with Crippen LogP contribution in [0.4, 0.5) is 5.00 Å². The second kappa shape index (κ2) is 8.91. The van der Waals surface area contributed by atoms with Gasteiger partial charge in [-0.3, -0.25) is 9.59 Å². The fraction of sp³-hybridized carbons (Fsp3) is 0.217. The molecule has 0 bridgehead atoms. The van der Waals surface area contributed by atoms with Crippen LogP contribution in [0.25, 0.3) is 17.4 Å². The first kappa shape index (κ1) is 21.7. The molecule has 0 fully saturated rings. The first-order valence-electron chi connectivity index (χ1n) is 9.80. The average Bonchev–Trinajstić information content (AvgIpc) is 3.29. The molecule has 0 aliphatic heterocycles. The maximum atomic E-state index is 12.5. The number of hydrogen-bond acceptors (Lipinski definition) is 4. The molecule has 2 amide bonds. The minimum absolute atomic E-state index is 0.363. The summed E-state index contributed by atoms with van der Waals surface area (Å²) in [5.41, 5.74) is 7.76. The van der Waals surface area contributed by atoms with Gasteiger partial charge in [-0.15, -0.1) is 11.3 Å². The van der Waals surface area contributed by atoms with Crippen molar-refractivity contribution in [2.24, 2.45) is 11.7 Å². The van der Waals surface area contributed by atoms with Crippen molar-refractivity contribution in [1.29, 1.82) is 0 Å². The van der Waals surface area contributed by atoms with Gasteiger partial charge in [0.25, 0.3) is 5.91 Å². The van der Waals surface area contributed by atoms with Crippen molar-refractivity contribution in [1.82, 2.24) is 0 Å². The number of nitrogens with one attached hydrogen (secondary N) is 1. The van der Waals surface area contributed by atoms with Gasteiger partial charge < -0.3 is 15.5 Å². The van der Waals surface area contributed by atoms with Crippen molar-refractivity contribution in [2.75, 3.05) is 5.32 Å². The lowest BCUT2D eigenvalue weighted by Crippen LogP contribution is -2.18. The highest BCUT2D eigenvalue weighted by molar-refractivity contribution is 7.17. The minimum atomic E-state index is -0.512. The van der Waals surface area contributed by atoms with Gasteiger partial charge in [0, 0.05) is 26.6 Å². The Morgan fingerprint density at radius 1 is 1.23 bits per heavy atom. The zero-order valence-corrected chi connectivity index (χ0v) is 19.0. The van der Waals surface area contributed by atoms with Crippen LogP contribution < -0.4 is 11.1 Å². The molecule has 160 valence electrons. The summed E-state index contributed by atoms with van der Waals surface area (Å²) in [7, 11) is 0. The Kier molecular flexibility index (Phi) is 6.23. The van der Waals surface area contributed by atoms with E-state index in [-0.39, 0.29) is 5.91 Å². The predicted octanol–water partition coefficient (Wildman–Crippen LogP) is 6.19. The van der Waals surface area contributed by atoms with Crippen LogP contribution in [0.2, 0.25) is 10.0 Å². The molecule has 1 aliphatic rings. The summed E-state index contributed by atoms with van der Waals surface area (Å²) in [6.07, 6.45) is 5.63. The number of carbonyl (C=O) groups excluding carboxylic acids is 2. The average molecular weight is 475 g/mol. The molecule has 0 spiro atoms. The summed E-state index contributed by atoms with van der Waals surface area (Å²) in [4.78, 5) is 25.6. The number of fused-ring (bicyclic) bond motifs is 1. The van der Waals surface area contributed by atoms with Crippen LogP contribution in [0.15, 0.2) is 40.8 Å². The van der Waals surface area contributed by atoms with Crippen molar-refractivity contribution >= 4 is 57.4 Å². The highest BCUT2D eigenvalue weighted by Gasteiger charge is 2.26. The van der Waals surface area contributed by atoms with Gasteiger partial charge in [-0.05, 0) is 67.2 Å². The number of amides is 2. The van der Waals surface area contributed by atoms with E-state index in [1.165, 1.54) is 17.4 Å². The Morgan fingerprint density at radius 2 is 1.97 bits per heavy atom. The quantitative estimate of drug-likeness (QED) is 0.432. The normalized spacial score (nSPS) is 15.8. The van der Waals surface area contributed by atoms with Crippen LogP contribution in [0, 0.1) is 5.92 Å². The Hall–Kier alpha value is -2.54. The second-order valence-electron chi connectivity index (χ2n) is 7.60. The van der Waals surface area contributed by atoms with Crippen molar-refractivity contribution in [3.63, 3.8) is 0 Å². The van der Waals surface area contributed by atoms with Crippen LogP contribution in [-0.2, 0) is 17.6 Å². The molecule has 3 N–H and O–H groups in total. The molecule has 0 saturated heterocycles. The topological polar surface area (TPSA) is 85.3 Å². The van der Waals surface area contributed by atoms with E-state index in [0.717, 1.165) is 35.3 Å². The Morgan fingerprint density at radius 3 is 2.68 bits per heavy atom. The molecule has 1 atom stereocenters. The number of hydrogen-bond donors (Lipinski definition) is 2. The lowest BCUT2D eigenvalue weighted by atomic mass is 9.88. The van der Waals surface area contributed by atoms with E-state index in [1.54, 1.807) is 36.4 Å². The molecule has 0 radical (unpaired) electrons. The summed E-state index contributed by atoms with van der Waals surface area (Å²) in [6.45, 7) is 2.18. The Labute approximate surface area is 193 Å². The molecule has 5 nitrogen and oxygen atoms in total. The van der Waals surface area contributed by atoms with Gasteiger partial charge in [-0.2, -0.15) is 0 Å². The molecule has 4 rings (SSSR count). The molecule has 31 heavy (non-hydrogen) atoms. The van der Waals surface area contributed by atoms with Crippen molar-refractivity contribution in [2.45, 2.75) is 26.2 Å². The largest absolute Gasteiger partial charge is 0.457 e. The fourth-order valence-corrected chi connectivity index (χ4v) is 5.65. The number of carbonyl (C=O) groups is 2. The third kappa shape index (κ3) is 4.87. The van der Waals surface area contributed by atoms with Crippen molar-refractivity contribution in [3.05, 3.63) is 68.2 Å². The van der Waals surface area contributed by atoms with Crippen LogP contribution >= 0.6 is 34.5 Å². The third-order valence-electron chi connectivity index (χ3n) is 5.17. The van der Waals surface area contributed by atoms with Gasteiger partial charge in [-0.25, -0.2) is 0 Å². The number of thiophene rings is 1. The molecular formula is C23H20Cl2N2O3S. The first-order chi connectivity index (χ1) is 14.8. The molecule has 1 aliphatic carbocycles. The maximum Gasteiger partial charge on any atom is 0.251 e. The number of benzene rings is 1. The molecular weight excluding hydrogens is 455 g/mol. The Bertz CT molecular complexity index is 1180. The van der Waals surface area contributed by atoms with E-state index in [2.05, 4.69) is 12.2 Å². The zero-order chi connectivity index (χ0) is 22.1. The van der Waals surface area contributed by atoms with E-state index < -0.39 is 5.91 Å². The van der Waals surface area contributed by atoms with E-state index in [0.29, 0.717) is 38.0 Å². The monoisotopic (exact) mass is 474 g/mol. The number of primary amides is 1. The molecule has 0 unspecified atom stereocenters. The molecule has 1 aromatic carbocycles. The van der Waals surface area contributed by atoms with Gasteiger partial charge in [0.15, 0.2) is 0 Å². The Balaban J connectivity index is 1.50. The van der Waals surface area contributed by atoms with E-state index in [4.69, 9.17) is 33.4 Å². The molecule has 2 aromatic heterocycles.